The Hall–Kier alpha value is -2.56. The number of carbonyl (C=O) groups is 1. The molecule has 1 aromatic carbocycles. The van der Waals surface area contributed by atoms with Gasteiger partial charge in [-0.25, -0.2) is 9.78 Å². The van der Waals surface area contributed by atoms with Gasteiger partial charge in [-0.15, -0.1) is 0 Å². The van der Waals surface area contributed by atoms with Gasteiger partial charge in [0.2, 0.25) is 0 Å². The van der Waals surface area contributed by atoms with Crippen molar-refractivity contribution in [3.63, 3.8) is 0 Å². The summed E-state index contributed by atoms with van der Waals surface area (Å²) >= 11 is 0. The summed E-state index contributed by atoms with van der Waals surface area (Å²) in [5.41, 5.74) is 2.00. The number of amides is 2. The summed E-state index contributed by atoms with van der Waals surface area (Å²) < 4.78 is 0. The molecule has 0 unspecified atom stereocenters. The van der Waals surface area contributed by atoms with Crippen molar-refractivity contribution in [3.05, 3.63) is 54.2 Å². The predicted molar refractivity (Wildman–Crippen MR) is 88.0 cm³/mol. The Balaban J connectivity index is 1.43. The SMILES string of the molecule is O=C(Nc1ccc(NCCc2ccccc2)nc1)NC1CC1. The molecule has 1 saturated carbocycles. The summed E-state index contributed by atoms with van der Waals surface area (Å²) in [7, 11) is 0. The highest BCUT2D eigenvalue weighted by Gasteiger charge is 2.23. The van der Waals surface area contributed by atoms with Gasteiger partial charge in [-0.2, -0.15) is 0 Å². The molecule has 22 heavy (non-hydrogen) atoms. The van der Waals surface area contributed by atoms with Crippen molar-refractivity contribution < 1.29 is 4.79 Å². The van der Waals surface area contributed by atoms with Crippen molar-refractivity contribution in [2.75, 3.05) is 17.2 Å². The first kappa shape index (κ1) is 14.4. The number of hydrogen-bond donors (Lipinski definition) is 3. The van der Waals surface area contributed by atoms with Gasteiger partial charge >= 0.3 is 6.03 Å². The summed E-state index contributed by atoms with van der Waals surface area (Å²) in [6, 6.07) is 14.2. The van der Waals surface area contributed by atoms with Gasteiger partial charge in [0.25, 0.3) is 0 Å². The molecule has 0 radical (unpaired) electrons. The lowest BCUT2D eigenvalue weighted by atomic mass is 10.1. The standard InChI is InChI=1S/C17H20N4O/c22-17(20-14-6-7-14)21-15-8-9-16(19-12-15)18-11-10-13-4-2-1-3-5-13/h1-5,8-9,12,14H,6-7,10-11H2,(H,18,19)(H2,20,21,22). The summed E-state index contributed by atoms with van der Waals surface area (Å²) in [5, 5.41) is 8.93. The molecular weight excluding hydrogens is 276 g/mol. The molecule has 5 heteroatoms. The Kier molecular flexibility index (Phi) is 4.53. The quantitative estimate of drug-likeness (QED) is 0.767. The molecule has 1 aliphatic carbocycles. The highest BCUT2D eigenvalue weighted by Crippen LogP contribution is 2.18. The molecule has 5 nitrogen and oxygen atoms in total. The third kappa shape index (κ3) is 4.48. The monoisotopic (exact) mass is 296 g/mol. The lowest BCUT2D eigenvalue weighted by Crippen LogP contribution is -2.30. The van der Waals surface area contributed by atoms with Gasteiger partial charge in [-0.05, 0) is 37.0 Å². The minimum absolute atomic E-state index is 0.158. The second kappa shape index (κ2) is 6.93. The van der Waals surface area contributed by atoms with Gasteiger partial charge in [-0.3, -0.25) is 0 Å². The third-order valence-corrected chi connectivity index (χ3v) is 3.50. The second-order valence-corrected chi connectivity index (χ2v) is 5.47. The van der Waals surface area contributed by atoms with Gasteiger partial charge in [0.1, 0.15) is 5.82 Å². The van der Waals surface area contributed by atoms with Crippen LogP contribution in [0.1, 0.15) is 18.4 Å². The molecule has 3 N–H and O–H groups in total. The molecule has 3 rings (SSSR count). The van der Waals surface area contributed by atoms with Crippen molar-refractivity contribution in [2.45, 2.75) is 25.3 Å². The number of benzene rings is 1. The van der Waals surface area contributed by atoms with E-state index in [0.29, 0.717) is 11.7 Å². The number of hydrogen-bond acceptors (Lipinski definition) is 3. The van der Waals surface area contributed by atoms with Crippen LogP contribution in [-0.4, -0.2) is 23.6 Å². The molecule has 0 aliphatic heterocycles. The fraction of sp³-hybridized carbons (Fsp3) is 0.294. The van der Waals surface area contributed by atoms with Gasteiger partial charge in [0.05, 0.1) is 11.9 Å². The van der Waals surface area contributed by atoms with E-state index in [2.05, 4.69) is 33.1 Å². The fourth-order valence-electron chi connectivity index (χ4n) is 2.13. The van der Waals surface area contributed by atoms with Crippen LogP contribution < -0.4 is 16.0 Å². The number of urea groups is 1. The Morgan fingerprint density at radius 3 is 2.64 bits per heavy atom. The minimum atomic E-state index is -0.158. The molecule has 0 atom stereocenters. The van der Waals surface area contributed by atoms with Gasteiger partial charge < -0.3 is 16.0 Å². The number of aromatic nitrogens is 1. The molecule has 1 heterocycles. The van der Waals surface area contributed by atoms with E-state index in [-0.39, 0.29) is 6.03 Å². The third-order valence-electron chi connectivity index (χ3n) is 3.50. The number of pyridine rings is 1. The Morgan fingerprint density at radius 2 is 1.95 bits per heavy atom. The van der Waals surface area contributed by atoms with Crippen LogP contribution in [0.25, 0.3) is 0 Å². The number of rotatable bonds is 6. The summed E-state index contributed by atoms with van der Waals surface area (Å²) in [6.45, 7) is 0.825. The molecule has 0 spiro atoms. The minimum Gasteiger partial charge on any atom is -0.370 e. The molecule has 114 valence electrons. The van der Waals surface area contributed by atoms with Crippen molar-refractivity contribution in [1.82, 2.24) is 10.3 Å². The number of nitrogens with one attached hydrogen (secondary N) is 3. The molecule has 0 bridgehead atoms. The summed E-state index contributed by atoms with van der Waals surface area (Å²) in [6.07, 6.45) is 4.77. The zero-order valence-corrected chi connectivity index (χ0v) is 12.4. The smallest absolute Gasteiger partial charge is 0.319 e. The van der Waals surface area contributed by atoms with E-state index in [1.165, 1.54) is 5.56 Å². The second-order valence-electron chi connectivity index (χ2n) is 5.47. The van der Waals surface area contributed by atoms with E-state index < -0.39 is 0 Å². The van der Waals surface area contributed by atoms with Gasteiger partial charge in [0, 0.05) is 12.6 Å². The highest BCUT2D eigenvalue weighted by molar-refractivity contribution is 5.89. The van der Waals surface area contributed by atoms with E-state index in [4.69, 9.17) is 0 Å². The lowest BCUT2D eigenvalue weighted by Gasteiger charge is -2.08. The number of anilines is 2. The molecule has 1 fully saturated rings. The van der Waals surface area contributed by atoms with Crippen molar-refractivity contribution in [1.29, 1.82) is 0 Å². The normalized spacial score (nSPS) is 13.5. The Labute approximate surface area is 130 Å². The average molecular weight is 296 g/mol. The maximum atomic E-state index is 11.6. The van der Waals surface area contributed by atoms with E-state index in [1.54, 1.807) is 6.20 Å². The highest BCUT2D eigenvalue weighted by atomic mass is 16.2. The van der Waals surface area contributed by atoms with Gasteiger partial charge in [0.15, 0.2) is 0 Å². The zero-order chi connectivity index (χ0) is 15.2. The Bertz CT molecular complexity index is 608. The van der Waals surface area contributed by atoms with Crippen LogP contribution in [-0.2, 0) is 6.42 Å². The average Bonchev–Trinajstić information content (AvgIpc) is 3.34. The molecule has 1 aliphatic rings. The fourth-order valence-corrected chi connectivity index (χ4v) is 2.13. The molecule has 2 amide bonds. The maximum Gasteiger partial charge on any atom is 0.319 e. The van der Waals surface area contributed by atoms with Crippen LogP contribution >= 0.6 is 0 Å². The van der Waals surface area contributed by atoms with E-state index in [1.807, 2.05) is 30.3 Å². The van der Waals surface area contributed by atoms with Crippen LogP contribution in [0.15, 0.2) is 48.7 Å². The largest absolute Gasteiger partial charge is 0.370 e. The van der Waals surface area contributed by atoms with Crippen LogP contribution in [0.3, 0.4) is 0 Å². The van der Waals surface area contributed by atoms with Crippen molar-refractivity contribution in [2.24, 2.45) is 0 Å². The topological polar surface area (TPSA) is 66.0 Å². The van der Waals surface area contributed by atoms with Crippen molar-refractivity contribution >= 4 is 17.5 Å². The maximum absolute atomic E-state index is 11.6. The first-order chi connectivity index (χ1) is 10.8. The van der Waals surface area contributed by atoms with Crippen LogP contribution in [0.4, 0.5) is 16.3 Å². The summed E-state index contributed by atoms with van der Waals surface area (Å²) in [5.74, 6) is 0.809. The lowest BCUT2D eigenvalue weighted by molar-refractivity contribution is 0.251. The first-order valence-electron chi connectivity index (χ1n) is 7.61. The van der Waals surface area contributed by atoms with E-state index >= 15 is 0 Å². The molecule has 2 aromatic rings. The van der Waals surface area contributed by atoms with Crippen LogP contribution in [0.5, 0.6) is 0 Å². The first-order valence-corrected chi connectivity index (χ1v) is 7.61. The molecular formula is C17H20N4O. The summed E-state index contributed by atoms with van der Waals surface area (Å²) in [4.78, 5) is 15.9. The predicted octanol–water partition coefficient (Wildman–Crippen LogP) is 3.02. The van der Waals surface area contributed by atoms with Crippen molar-refractivity contribution in [3.8, 4) is 0 Å². The van der Waals surface area contributed by atoms with Crippen LogP contribution in [0, 0.1) is 0 Å². The molecule has 1 aromatic heterocycles. The molecule has 0 saturated heterocycles. The van der Waals surface area contributed by atoms with Gasteiger partial charge in [-0.1, -0.05) is 30.3 Å². The zero-order valence-electron chi connectivity index (χ0n) is 12.4. The number of nitrogens with zero attached hydrogens (tertiary/aromatic N) is 1. The van der Waals surface area contributed by atoms with Crippen LogP contribution in [0.2, 0.25) is 0 Å². The van der Waals surface area contributed by atoms with E-state index in [9.17, 15) is 4.79 Å². The van der Waals surface area contributed by atoms with E-state index in [0.717, 1.165) is 31.6 Å². The Morgan fingerprint density at radius 1 is 1.14 bits per heavy atom. The number of carbonyl (C=O) groups excluding carboxylic acids is 1.